The van der Waals surface area contributed by atoms with E-state index in [9.17, 15) is 9.59 Å². The highest BCUT2D eigenvalue weighted by Gasteiger charge is 2.19. The monoisotopic (exact) mass is 241 g/mol. The maximum atomic E-state index is 11.9. The lowest BCUT2D eigenvalue weighted by Gasteiger charge is -2.29. The van der Waals surface area contributed by atoms with Gasteiger partial charge in [-0.05, 0) is 0 Å². The number of nitrogens with zero attached hydrogens (tertiary/aromatic N) is 2. The molecular weight excluding hydrogens is 222 g/mol. The molecule has 0 aromatic heterocycles. The molecule has 0 spiro atoms. The fraction of sp³-hybridized carbons (Fsp3) is 0.636. The van der Waals surface area contributed by atoms with Crippen LogP contribution in [0.5, 0.6) is 0 Å². The van der Waals surface area contributed by atoms with Crippen LogP contribution in [0, 0.1) is 0 Å². The summed E-state index contributed by atoms with van der Waals surface area (Å²) in [6.07, 6.45) is 1.54. The predicted octanol–water partition coefficient (Wildman–Crippen LogP) is -1.01. The molecule has 0 aromatic rings. The number of carbonyl (C=O) groups excluding carboxylic acids is 1. The van der Waals surface area contributed by atoms with E-state index < -0.39 is 5.97 Å². The molecule has 1 amide bonds. The summed E-state index contributed by atoms with van der Waals surface area (Å²) in [7, 11) is 0. The van der Waals surface area contributed by atoms with Gasteiger partial charge in [-0.3, -0.25) is 14.5 Å². The van der Waals surface area contributed by atoms with Crippen molar-refractivity contribution in [3.8, 4) is 0 Å². The lowest BCUT2D eigenvalue weighted by atomic mass is 10.3. The Morgan fingerprint density at radius 3 is 2.59 bits per heavy atom. The molecule has 2 N–H and O–H groups in total. The van der Waals surface area contributed by atoms with Gasteiger partial charge in [0.1, 0.15) is 6.54 Å². The highest BCUT2D eigenvalue weighted by molar-refractivity contribution is 5.82. The van der Waals surface area contributed by atoms with E-state index in [0.717, 1.165) is 26.2 Å². The van der Waals surface area contributed by atoms with Gasteiger partial charge < -0.3 is 15.3 Å². The zero-order valence-electron chi connectivity index (χ0n) is 9.89. The first-order valence-electron chi connectivity index (χ1n) is 5.67. The van der Waals surface area contributed by atoms with Crippen LogP contribution in [-0.4, -0.2) is 72.6 Å². The molecule has 0 radical (unpaired) electrons. The van der Waals surface area contributed by atoms with E-state index in [1.165, 1.54) is 4.90 Å². The van der Waals surface area contributed by atoms with Crippen molar-refractivity contribution >= 4 is 11.9 Å². The molecule has 1 aliphatic heterocycles. The molecule has 0 unspecified atom stereocenters. The minimum atomic E-state index is -1.000. The highest BCUT2D eigenvalue weighted by atomic mass is 16.4. The molecule has 1 fully saturated rings. The van der Waals surface area contributed by atoms with Crippen LogP contribution in [0.4, 0.5) is 0 Å². The van der Waals surface area contributed by atoms with Crippen molar-refractivity contribution in [3.05, 3.63) is 12.7 Å². The Hall–Kier alpha value is -1.40. The van der Waals surface area contributed by atoms with Crippen molar-refractivity contribution in [3.63, 3.8) is 0 Å². The third-order valence-corrected chi connectivity index (χ3v) is 2.60. The van der Waals surface area contributed by atoms with Gasteiger partial charge in [-0.1, -0.05) is 6.08 Å². The number of nitrogens with one attached hydrogen (secondary N) is 1. The quantitative estimate of drug-likeness (QED) is 0.583. The molecule has 0 bridgehead atoms. The number of hydrogen-bond donors (Lipinski definition) is 2. The summed E-state index contributed by atoms with van der Waals surface area (Å²) >= 11 is 0. The third-order valence-electron chi connectivity index (χ3n) is 2.60. The van der Waals surface area contributed by atoms with Gasteiger partial charge in [0, 0.05) is 32.7 Å². The minimum absolute atomic E-state index is 0.158. The largest absolute Gasteiger partial charge is 0.480 e. The minimum Gasteiger partial charge on any atom is -0.480 e. The average molecular weight is 241 g/mol. The molecule has 0 aromatic carbocycles. The first-order valence-corrected chi connectivity index (χ1v) is 5.67. The molecule has 1 heterocycles. The van der Waals surface area contributed by atoms with Crippen LogP contribution in [-0.2, 0) is 9.59 Å². The number of aliphatic carboxylic acids is 1. The van der Waals surface area contributed by atoms with Gasteiger partial charge in [-0.15, -0.1) is 6.58 Å². The fourth-order valence-electron chi connectivity index (χ4n) is 1.73. The SMILES string of the molecule is C=CCN(CC(=O)O)C(=O)CN1CCNCC1. The molecular formula is C11H19N3O3. The standard InChI is InChI=1S/C11H19N3O3/c1-2-5-14(9-11(16)17)10(15)8-13-6-3-12-4-7-13/h2,12H,1,3-9H2,(H,16,17). The number of hydrogen-bond acceptors (Lipinski definition) is 4. The van der Waals surface area contributed by atoms with Crippen LogP contribution < -0.4 is 5.32 Å². The van der Waals surface area contributed by atoms with Crippen LogP contribution in [0.25, 0.3) is 0 Å². The summed E-state index contributed by atoms with van der Waals surface area (Å²) in [5.74, 6) is -1.16. The van der Waals surface area contributed by atoms with Gasteiger partial charge >= 0.3 is 5.97 Å². The molecule has 1 rings (SSSR count). The van der Waals surface area contributed by atoms with Crippen LogP contribution in [0.1, 0.15) is 0 Å². The molecule has 6 nitrogen and oxygen atoms in total. The smallest absolute Gasteiger partial charge is 0.323 e. The fourth-order valence-corrected chi connectivity index (χ4v) is 1.73. The second-order valence-corrected chi connectivity index (χ2v) is 3.98. The van der Waals surface area contributed by atoms with Crippen LogP contribution in [0.2, 0.25) is 0 Å². The highest BCUT2D eigenvalue weighted by Crippen LogP contribution is 1.97. The van der Waals surface area contributed by atoms with Gasteiger partial charge in [-0.25, -0.2) is 0 Å². The summed E-state index contributed by atoms with van der Waals surface area (Å²) in [6.45, 7) is 7.19. The first kappa shape index (κ1) is 13.7. The van der Waals surface area contributed by atoms with Gasteiger partial charge in [0.25, 0.3) is 0 Å². The van der Waals surface area contributed by atoms with Gasteiger partial charge in [0.05, 0.1) is 6.54 Å². The van der Waals surface area contributed by atoms with E-state index >= 15 is 0 Å². The van der Waals surface area contributed by atoms with Crippen LogP contribution in [0.15, 0.2) is 12.7 Å². The Labute approximate surface area is 101 Å². The number of carboxylic acids is 1. The molecule has 96 valence electrons. The summed E-state index contributed by atoms with van der Waals surface area (Å²) in [5, 5.41) is 11.9. The Balaban J connectivity index is 2.45. The van der Waals surface area contributed by atoms with E-state index in [0.29, 0.717) is 0 Å². The van der Waals surface area contributed by atoms with E-state index in [2.05, 4.69) is 11.9 Å². The Bertz CT molecular complexity index is 288. The predicted molar refractivity (Wildman–Crippen MR) is 63.7 cm³/mol. The van der Waals surface area contributed by atoms with E-state index in [-0.39, 0.29) is 25.5 Å². The lowest BCUT2D eigenvalue weighted by molar-refractivity contribution is -0.144. The van der Waals surface area contributed by atoms with Crippen molar-refractivity contribution < 1.29 is 14.7 Å². The van der Waals surface area contributed by atoms with Crippen molar-refractivity contribution in [1.82, 2.24) is 15.1 Å². The van der Waals surface area contributed by atoms with Gasteiger partial charge in [-0.2, -0.15) is 0 Å². The second kappa shape index (κ2) is 7.03. The molecule has 6 heteroatoms. The van der Waals surface area contributed by atoms with Crippen molar-refractivity contribution in [2.75, 3.05) is 45.8 Å². The van der Waals surface area contributed by atoms with Crippen LogP contribution in [0.3, 0.4) is 0 Å². The number of carbonyl (C=O) groups is 2. The Kier molecular flexibility index (Phi) is 5.65. The average Bonchev–Trinajstić information content (AvgIpc) is 2.29. The molecule has 0 atom stereocenters. The topological polar surface area (TPSA) is 72.9 Å². The zero-order chi connectivity index (χ0) is 12.7. The van der Waals surface area contributed by atoms with Gasteiger partial charge in [0.2, 0.25) is 5.91 Å². The summed E-state index contributed by atoms with van der Waals surface area (Å²) in [4.78, 5) is 25.8. The Morgan fingerprint density at radius 2 is 2.06 bits per heavy atom. The Morgan fingerprint density at radius 1 is 1.41 bits per heavy atom. The maximum Gasteiger partial charge on any atom is 0.323 e. The van der Waals surface area contributed by atoms with E-state index in [1.807, 2.05) is 4.90 Å². The number of rotatable bonds is 6. The van der Waals surface area contributed by atoms with Crippen molar-refractivity contribution in [1.29, 1.82) is 0 Å². The summed E-state index contributed by atoms with van der Waals surface area (Å²) in [5.41, 5.74) is 0. The number of piperazine rings is 1. The molecule has 0 aliphatic carbocycles. The molecule has 0 saturated carbocycles. The summed E-state index contributed by atoms with van der Waals surface area (Å²) < 4.78 is 0. The normalized spacial score (nSPS) is 16.5. The van der Waals surface area contributed by atoms with E-state index in [4.69, 9.17) is 5.11 Å². The number of carboxylic acid groups (broad SMARTS) is 1. The van der Waals surface area contributed by atoms with Crippen molar-refractivity contribution in [2.45, 2.75) is 0 Å². The maximum absolute atomic E-state index is 11.9. The summed E-state index contributed by atoms with van der Waals surface area (Å²) in [6, 6.07) is 0. The molecule has 1 saturated heterocycles. The van der Waals surface area contributed by atoms with E-state index in [1.54, 1.807) is 6.08 Å². The second-order valence-electron chi connectivity index (χ2n) is 3.98. The lowest BCUT2D eigenvalue weighted by Crippen LogP contribution is -2.49. The van der Waals surface area contributed by atoms with Gasteiger partial charge in [0.15, 0.2) is 0 Å². The first-order chi connectivity index (χ1) is 8.13. The molecule has 1 aliphatic rings. The molecule has 17 heavy (non-hydrogen) atoms. The zero-order valence-corrected chi connectivity index (χ0v) is 9.89. The van der Waals surface area contributed by atoms with Crippen molar-refractivity contribution in [2.24, 2.45) is 0 Å². The third kappa shape index (κ3) is 4.97. The van der Waals surface area contributed by atoms with Crippen LogP contribution >= 0.6 is 0 Å². The number of amides is 1.